The standard InChI is InChI=1S/C10H16O/c1-5-9(4)6-7-10(11)8(2)3/h5,9H,1-2,6-7H2,3-4H3/t9-/m0/s1. The Hall–Kier alpha value is -0.850. The molecule has 11 heavy (non-hydrogen) atoms. The van der Waals surface area contributed by atoms with Crippen molar-refractivity contribution in [2.24, 2.45) is 5.92 Å². The van der Waals surface area contributed by atoms with E-state index in [4.69, 9.17) is 0 Å². The Morgan fingerprint density at radius 1 is 1.64 bits per heavy atom. The van der Waals surface area contributed by atoms with Crippen LogP contribution >= 0.6 is 0 Å². The lowest BCUT2D eigenvalue weighted by Crippen LogP contribution is -2.00. The minimum Gasteiger partial charge on any atom is -0.295 e. The van der Waals surface area contributed by atoms with Crippen molar-refractivity contribution in [1.82, 2.24) is 0 Å². The van der Waals surface area contributed by atoms with E-state index >= 15 is 0 Å². The summed E-state index contributed by atoms with van der Waals surface area (Å²) in [6.45, 7) is 11.0. The molecule has 1 nitrogen and oxygen atoms in total. The van der Waals surface area contributed by atoms with Gasteiger partial charge in [0.25, 0.3) is 0 Å². The number of Topliss-reactive ketones (excluding diaryl/α,β-unsaturated/α-hetero) is 1. The fraction of sp³-hybridized carbons (Fsp3) is 0.500. The van der Waals surface area contributed by atoms with Crippen molar-refractivity contribution < 1.29 is 4.79 Å². The second-order valence-corrected chi connectivity index (χ2v) is 2.96. The van der Waals surface area contributed by atoms with Gasteiger partial charge in [0, 0.05) is 6.42 Å². The van der Waals surface area contributed by atoms with Gasteiger partial charge < -0.3 is 0 Å². The van der Waals surface area contributed by atoms with E-state index in [0.717, 1.165) is 6.42 Å². The van der Waals surface area contributed by atoms with Crippen molar-refractivity contribution in [1.29, 1.82) is 0 Å². The lowest BCUT2D eigenvalue weighted by molar-refractivity contribution is -0.115. The summed E-state index contributed by atoms with van der Waals surface area (Å²) < 4.78 is 0. The van der Waals surface area contributed by atoms with E-state index in [1.807, 2.05) is 6.08 Å². The van der Waals surface area contributed by atoms with E-state index in [1.54, 1.807) is 6.92 Å². The van der Waals surface area contributed by atoms with Crippen LogP contribution in [0.15, 0.2) is 24.8 Å². The summed E-state index contributed by atoms with van der Waals surface area (Å²) in [7, 11) is 0. The van der Waals surface area contributed by atoms with E-state index in [-0.39, 0.29) is 5.78 Å². The summed E-state index contributed by atoms with van der Waals surface area (Å²) in [6, 6.07) is 0. The molecule has 0 aromatic rings. The number of carbonyl (C=O) groups excluding carboxylic acids is 1. The van der Waals surface area contributed by atoms with E-state index in [0.29, 0.717) is 17.9 Å². The number of hydrogen-bond acceptors (Lipinski definition) is 1. The first-order valence-corrected chi connectivity index (χ1v) is 3.89. The van der Waals surface area contributed by atoms with Gasteiger partial charge in [0.2, 0.25) is 0 Å². The van der Waals surface area contributed by atoms with Gasteiger partial charge in [0.05, 0.1) is 0 Å². The molecular weight excluding hydrogens is 136 g/mol. The van der Waals surface area contributed by atoms with E-state index in [9.17, 15) is 4.79 Å². The molecule has 1 heteroatoms. The molecule has 0 saturated heterocycles. The molecule has 1 atom stereocenters. The molecule has 0 amide bonds. The van der Waals surface area contributed by atoms with Crippen LogP contribution in [0.5, 0.6) is 0 Å². The van der Waals surface area contributed by atoms with E-state index < -0.39 is 0 Å². The van der Waals surface area contributed by atoms with Gasteiger partial charge in [-0.1, -0.05) is 19.6 Å². The van der Waals surface area contributed by atoms with Crippen LogP contribution in [0.1, 0.15) is 26.7 Å². The Morgan fingerprint density at radius 3 is 2.55 bits per heavy atom. The maximum absolute atomic E-state index is 11.0. The highest BCUT2D eigenvalue weighted by atomic mass is 16.1. The van der Waals surface area contributed by atoms with Gasteiger partial charge in [0.1, 0.15) is 0 Å². The molecule has 0 radical (unpaired) electrons. The van der Waals surface area contributed by atoms with Crippen LogP contribution in [0.2, 0.25) is 0 Å². The van der Waals surface area contributed by atoms with Crippen molar-refractivity contribution in [3.05, 3.63) is 24.8 Å². The fourth-order valence-corrected chi connectivity index (χ4v) is 0.690. The van der Waals surface area contributed by atoms with E-state index in [1.165, 1.54) is 0 Å². The molecule has 0 aliphatic rings. The molecule has 0 bridgehead atoms. The zero-order valence-electron chi connectivity index (χ0n) is 7.39. The fourth-order valence-electron chi connectivity index (χ4n) is 0.690. The molecule has 0 aromatic carbocycles. The Bertz CT molecular complexity index is 168. The third-order valence-corrected chi connectivity index (χ3v) is 1.71. The summed E-state index contributed by atoms with van der Waals surface area (Å²) in [5.41, 5.74) is 0.654. The van der Waals surface area contributed by atoms with Gasteiger partial charge in [-0.25, -0.2) is 0 Å². The largest absolute Gasteiger partial charge is 0.295 e. The van der Waals surface area contributed by atoms with Gasteiger partial charge in [-0.3, -0.25) is 4.79 Å². The summed E-state index contributed by atoms with van der Waals surface area (Å²) in [6.07, 6.45) is 3.35. The average Bonchev–Trinajstić information content (AvgIpc) is 1.99. The zero-order chi connectivity index (χ0) is 8.85. The molecule has 0 rings (SSSR count). The maximum atomic E-state index is 11.0. The first-order chi connectivity index (χ1) is 5.07. The highest BCUT2D eigenvalue weighted by Crippen LogP contribution is 2.08. The lowest BCUT2D eigenvalue weighted by atomic mass is 10.0. The van der Waals surface area contributed by atoms with Crippen LogP contribution < -0.4 is 0 Å². The Morgan fingerprint density at radius 2 is 2.18 bits per heavy atom. The number of allylic oxidation sites excluding steroid dienone is 2. The van der Waals surface area contributed by atoms with E-state index in [2.05, 4.69) is 20.1 Å². The molecule has 0 aromatic heterocycles. The topological polar surface area (TPSA) is 17.1 Å². The van der Waals surface area contributed by atoms with Crippen LogP contribution in [0.3, 0.4) is 0 Å². The summed E-state index contributed by atoms with van der Waals surface area (Å²) >= 11 is 0. The lowest BCUT2D eigenvalue weighted by Gasteiger charge is -2.03. The van der Waals surface area contributed by atoms with Crippen molar-refractivity contribution in [3.8, 4) is 0 Å². The van der Waals surface area contributed by atoms with Crippen molar-refractivity contribution in [2.45, 2.75) is 26.7 Å². The third kappa shape index (κ3) is 4.54. The quantitative estimate of drug-likeness (QED) is 0.437. The molecular formula is C10H16O. The third-order valence-electron chi connectivity index (χ3n) is 1.71. The van der Waals surface area contributed by atoms with Crippen molar-refractivity contribution in [2.75, 3.05) is 0 Å². The second-order valence-electron chi connectivity index (χ2n) is 2.96. The molecule has 0 aliphatic carbocycles. The minimum atomic E-state index is 0.165. The van der Waals surface area contributed by atoms with Crippen LogP contribution in [0.25, 0.3) is 0 Å². The second kappa shape index (κ2) is 4.89. The SMILES string of the molecule is C=C[C@H](C)CCC(=O)C(=C)C. The highest BCUT2D eigenvalue weighted by molar-refractivity contribution is 5.94. The molecule has 0 N–H and O–H groups in total. The molecule has 0 fully saturated rings. The molecule has 0 aliphatic heterocycles. The first-order valence-electron chi connectivity index (χ1n) is 3.89. The maximum Gasteiger partial charge on any atom is 0.158 e. The zero-order valence-corrected chi connectivity index (χ0v) is 7.39. The highest BCUT2D eigenvalue weighted by Gasteiger charge is 2.03. The summed E-state index contributed by atoms with van der Waals surface area (Å²) in [5, 5.41) is 0. The monoisotopic (exact) mass is 152 g/mol. The first kappa shape index (κ1) is 10.2. The average molecular weight is 152 g/mol. The number of rotatable bonds is 5. The summed E-state index contributed by atoms with van der Waals surface area (Å²) in [4.78, 5) is 11.0. The molecule has 62 valence electrons. The minimum absolute atomic E-state index is 0.165. The van der Waals surface area contributed by atoms with Gasteiger partial charge in [-0.15, -0.1) is 6.58 Å². The van der Waals surface area contributed by atoms with Gasteiger partial charge in [-0.2, -0.15) is 0 Å². The molecule has 0 unspecified atom stereocenters. The van der Waals surface area contributed by atoms with Crippen LogP contribution in [-0.4, -0.2) is 5.78 Å². The summed E-state index contributed by atoms with van der Waals surface area (Å²) in [5.74, 6) is 0.594. The van der Waals surface area contributed by atoms with Crippen molar-refractivity contribution in [3.63, 3.8) is 0 Å². The van der Waals surface area contributed by atoms with Crippen LogP contribution in [-0.2, 0) is 4.79 Å². The molecule has 0 spiro atoms. The molecule has 0 saturated carbocycles. The molecule has 0 heterocycles. The number of carbonyl (C=O) groups is 1. The van der Waals surface area contributed by atoms with Crippen LogP contribution in [0, 0.1) is 5.92 Å². The van der Waals surface area contributed by atoms with Crippen molar-refractivity contribution >= 4 is 5.78 Å². The normalized spacial score (nSPS) is 12.2. The number of ketones is 1. The van der Waals surface area contributed by atoms with Crippen LogP contribution in [0.4, 0.5) is 0 Å². The predicted octanol–water partition coefficient (Wildman–Crippen LogP) is 2.73. The smallest absolute Gasteiger partial charge is 0.158 e. The Labute approximate surface area is 68.8 Å². The number of hydrogen-bond donors (Lipinski definition) is 0. The Kier molecular flexibility index (Phi) is 4.51. The van der Waals surface area contributed by atoms with Gasteiger partial charge >= 0.3 is 0 Å². The van der Waals surface area contributed by atoms with Gasteiger partial charge in [0.15, 0.2) is 5.78 Å². The predicted molar refractivity (Wildman–Crippen MR) is 48.4 cm³/mol. The van der Waals surface area contributed by atoms with Gasteiger partial charge in [-0.05, 0) is 24.8 Å². The Balaban J connectivity index is 3.62.